The number of esters is 1. The molecular weight excluding hydrogens is 280 g/mol. The Kier molecular flexibility index (Phi) is 5.81. The fraction of sp³-hybridized carbons (Fsp3) is 0.529. The van der Waals surface area contributed by atoms with Gasteiger partial charge in [-0.2, -0.15) is 0 Å². The lowest BCUT2D eigenvalue weighted by molar-refractivity contribution is -0.130. The lowest BCUT2D eigenvalue weighted by Crippen LogP contribution is -2.41. The van der Waals surface area contributed by atoms with Crippen LogP contribution in [0.15, 0.2) is 24.3 Å². The van der Waals surface area contributed by atoms with Crippen molar-refractivity contribution in [1.29, 1.82) is 0 Å². The van der Waals surface area contributed by atoms with Gasteiger partial charge in [-0.3, -0.25) is 4.79 Å². The van der Waals surface area contributed by atoms with Gasteiger partial charge in [-0.15, -0.1) is 0 Å². The van der Waals surface area contributed by atoms with Gasteiger partial charge in [-0.05, 0) is 31.0 Å². The van der Waals surface area contributed by atoms with Crippen LogP contribution in [0.2, 0.25) is 0 Å². The minimum atomic E-state index is -0.380. The molecule has 0 unspecified atom stereocenters. The van der Waals surface area contributed by atoms with Gasteiger partial charge in [0.1, 0.15) is 0 Å². The maximum atomic E-state index is 12.3. The zero-order valence-corrected chi connectivity index (χ0v) is 13.3. The molecule has 2 rings (SSSR count). The van der Waals surface area contributed by atoms with Gasteiger partial charge >= 0.3 is 5.97 Å². The van der Waals surface area contributed by atoms with Crippen molar-refractivity contribution in [2.24, 2.45) is 0 Å². The van der Waals surface area contributed by atoms with Crippen molar-refractivity contribution in [2.45, 2.75) is 38.1 Å². The molecule has 1 aliphatic rings. The summed E-state index contributed by atoms with van der Waals surface area (Å²) < 4.78 is 4.69. The van der Waals surface area contributed by atoms with Crippen molar-refractivity contribution in [1.82, 2.24) is 4.90 Å². The zero-order chi connectivity index (χ0) is 15.9. The van der Waals surface area contributed by atoms with Crippen LogP contribution in [0, 0.1) is 0 Å². The average molecular weight is 304 g/mol. The van der Waals surface area contributed by atoms with Crippen LogP contribution in [0.25, 0.3) is 0 Å². The van der Waals surface area contributed by atoms with Gasteiger partial charge in [0.15, 0.2) is 0 Å². The number of amides is 1. The van der Waals surface area contributed by atoms with Gasteiger partial charge < -0.3 is 15.0 Å². The van der Waals surface area contributed by atoms with Gasteiger partial charge in [0.2, 0.25) is 5.91 Å². The maximum Gasteiger partial charge on any atom is 0.337 e. The highest BCUT2D eigenvalue weighted by Gasteiger charge is 2.21. The first-order valence-corrected chi connectivity index (χ1v) is 7.79. The molecule has 1 N–H and O–H groups in total. The van der Waals surface area contributed by atoms with Gasteiger partial charge in [-0.25, -0.2) is 4.79 Å². The maximum absolute atomic E-state index is 12.3. The van der Waals surface area contributed by atoms with Crippen molar-refractivity contribution in [3.63, 3.8) is 0 Å². The Bertz CT molecular complexity index is 524. The fourth-order valence-corrected chi connectivity index (χ4v) is 2.85. The molecule has 0 aromatic heterocycles. The number of hydrogen-bond donors (Lipinski definition) is 1. The van der Waals surface area contributed by atoms with Gasteiger partial charge in [0.05, 0.1) is 19.2 Å². The molecule has 5 heteroatoms. The summed E-state index contributed by atoms with van der Waals surface area (Å²) in [7, 11) is 3.23. The van der Waals surface area contributed by atoms with Crippen molar-refractivity contribution in [3.05, 3.63) is 29.8 Å². The Morgan fingerprint density at radius 1 is 1.27 bits per heavy atom. The molecule has 1 saturated carbocycles. The molecule has 1 aromatic carbocycles. The third-order valence-electron chi connectivity index (χ3n) is 4.24. The minimum Gasteiger partial charge on any atom is -0.465 e. The van der Waals surface area contributed by atoms with Crippen molar-refractivity contribution >= 4 is 17.6 Å². The summed E-state index contributed by atoms with van der Waals surface area (Å²) in [5, 5.41) is 3.08. The second-order valence-corrected chi connectivity index (χ2v) is 5.72. The van der Waals surface area contributed by atoms with E-state index >= 15 is 0 Å². The van der Waals surface area contributed by atoms with Gasteiger partial charge in [0, 0.05) is 18.8 Å². The summed E-state index contributed by atoms with van der Waals surface area (Å²) >= 11 is 0. The summed E-state index contributed by atoms with van der Waals surface area (Å²) in [6, 6.07) is 7.35. The first-order valence-electron chi connectivity index (χ1n) is 7.79. The molecule has 120 valence electrons. The van der Waals surface area contributed by atoms with Crippen LogP contribution in [0.4, 0.5) is 5.69 Å². The quantitative estimate of drug-likeness (QED) is 0.850. The highest BCUT2D eigenvalue weighted by Crippen LogP contribution is 2.21. The highest BCUT2D eigenvalue weighted by molar-refractivity contribution is 5.90. The first-order chi connectivity index (χ1) is 10.6. The monoisotopic (exact) mass is 304 g/mol. The molecule has 0 radical (unpaired) electrons. The number of carbonyl (C=O) groups excluding carboxylic acids is 2. The molecule has 0 spiro atoms. The van der Waals surface area contributed by atoms with Crippen LogP contribution >= 0.6 is 0 Å². The number of methoxy groups -OCH3 is 1. The highest BCUT2D eigenvalue weighted by atomic mass is 16.5. The molecule has 0 bridgehead atoms. The van der Waals surface area contributed by atoms with E-state index in [1.165, 1.54) is 26.4 Å². The standard InChI is InChI=1S/C17H24N2O3/c1-19(15-9-4-3-5-10-15)16(20)12-18-14-8-6-7-13(11-14)17(21)22-2/h6-8,11,15,18H,3-5,9-10,12H2,1-2H3. The van der Waals surface area contributed by atoms with E-state index < -0.39 is 0 Å². The predicted molar refractivity (Wildman–Crippen MR) is 85.9 cm³/mol. The number of rotatable bonds is 5. The number of hydrogen-bond acceptors (Lipinski definition) is 4. The van der Waals surface area contributed by atoms with Crippen LogP contribution < -0.4 is 5.32 Å². The van der Waals surface area contributed by atoms with Crippen molar-refractivity contribution < 1.29 is 14.3 Å². The first kappa shape index (κ1) is 16.3. The van der Waals surface area contributed by atoms with Crippen LogP contribution in [0.5, 0.6) is 0 Å². The Morgan fingerprint density at radius 2 is 2.00 bits per heavy atom. The summed E-state index contributed by atoms with van der Waals surface area (Å²) in [6.45, 7) is 0.234. The Morgan fingerprint density at radius 3 is 2.68 bits per heavy atom. The van der Waals surface area contributed by atoms with E-state index in [-0.39, 0.29) is 18.4 Å². The lowest BCUT2D eigenvalue weighted by Gasteiger charge is -2.31. The molecule has 5 nitrogen and oxygen atoms in total. The Balaban J connectivity index is 1.89. The molecule has 0 heterocycles. The fourth-order valence-electron chi connectivity index (χ4n) is 2.85. The normalized spacial score (nSPS) is 15.2. The number of carbonyl (C=O) groups is 2. The van der Waals surface area contributed by atoms with Crippen molar-refractivity contribution in [2.75, 3.05) is 26.0 Å². The van der Waals surface area contributed by atoms with E-state index in [0.717, 1.165) is 18.5 Å². The van der Waals surface area contributed by atoms with E-state index in [2.05, 4.69) is 5.32 Å². The minimum absolute atomic E-state index is 0.0790. The molecule has 22 heavy (non-hydrogen) atoms. The number of nitrogens with zero attached hydrogens (tertiary/aromatic N) is 1. The molecule has 1 aromatic rings. The van der Waals surface area contributed by atoms with E-state index in [4.69, 9.17) is 4.74 Å². The Hall–Kier alpha value is -2.04. The molecule has 1 aliphatic carbocycles. The largest absolute Gasteiger partial charge is 0.465 e. The SMILES string of the molecule is COC(=O)c1cccc(NCC(=O)N(C)C2CCCCC2)c1. The van der Waals surface area contributed by atoms with E-state index in [1.807, 2.05) is 18.0 Å². The smallest absolute Gasteiger partial charge is 0.337 e. The summed E-state index contributed by atoms with van der Waals surface area (Å²) in [5.41, 5.74) is 1.22. The lowest BCUT2D eigenvalue weighted by atomic mass is 9.94. The molecule has 1 fully saturated rings. The molecule has 0 aliphatic heterocycles. The van der Waals surface area contributed by atoms with Crippen molar-refractivity contribution in [3.8, 4) is 0 Å². The number of benzene rings is 1. The van der Waals surface area contributed by atoms with Crippen LogP contribution in [0.3, 0.4) is 0 Å². The topological polar surface area (TPSA) is 58.6 Å². The summed E-state index contributed by atoms with van der Waals surface area (Å²) in [4.78, 5) is 25.6. The van der Waals surface area contributed by atoms with Crippen LogP contribution in [0.1, 0.15) is 42.5 Å². The predicted octanol–water partition coefficient (Wildman–Crippen LogP) is 2.68. The van der Waals surface area contributed by atoms with E-state index in [1.54, 1.807) is 18.2 Å². The number of likely N-dealkylation sites (N-methyl/N-ethyl adjacent to an activating group) is 1. The van der Waals surface area contributed by atoms with Gasteiger partial charge in [-0.1, -0.05) is 25.3 Å². The number of ether oxygens (including phenoxy) is 1. The summed E-state index contributed by atoms with van der Waals surface area (Å²) in [5.74, 6) is -0.301. The van der Waals surface area contributed by atoms with Gasteiger partial charge in [0.25, 0.3) is 0 Å². The number of nitrogens with one attached hydrogen (secondary N) is 1. The van der Waals surface area contributed by atoms with Crippen LogP contribution in [-0.4, -0.2) is 43.5 Å². The van der Waals surface area contributed by atoms with Crippen LogP contribution in [-0.2, 0) is 9.53 Å². The average Bonchev–Trinajstić information content (AvgIpc) is 2.59. The Labute approximate surface area is 131 Å². The summed E-state index contributed by atoms with van der Waals surface area (Å²) in [6.07, 6.45) is 5.88. The van der Waals surface area contributed by atoms with E-state index in [9.17, 15) is 9.59 Å². The second kappa shape index (κ2) is 7.82. The molecular formula is C17H24N2O3. The van der Waals surface area contributed by atoms with E-state index in [0.29, 0.717) is 11.6 Å². The second-order valence-electron chi connectivity index (χ2n) is 5.72. The number of anilines is 1. The third kappa shape index (κ3) is 4.23. The zero-order valence-electron chi connectivity index (χ0n) is 13.3. The third-order valence-corrected chi connectivity index (χ3v) is 4.24. The molecule has 1 amide bonds. The molecule has 0 atom stereocenters. The molecule has 0 saturated heterocycles.